The highest BCUT2D eigenvalue weighted by molar-refractivity contribution is 7.98. The molecular formula is C21H18N6O2S. The van der Waals surface area contributed by atoms with Crippen LogP contribution in [-0.4, -0.2) is 38.0 Å². The van der Waals surface area contributed by atoms with Gasteiger partial charge in [-0.3, -0.25) is 4.79 Å². The van der Waals surface area contributed by atoms with E-state index in [4.69, 9.17) is 4.74 Å². The number of ether oxygens (including phenoxy) is 1. The van der Waals surface area contributed by atoms with E-state index in [0.29, 0.717) is 28.0 Å². The minimum absolute atomic E-state index is 0.241. The van der Waals surface area contributed by atoms with Crippen LogP contribution in [0.2, 0.25) is 0 Å². The van der Waals surface area contributed by atoms with E-state index < -0.39 is 0 Å². The monoisotopic (exact) mass is 418 g/mol. The number of nitrogens with one attached hydrogen (secondary N) is 1. The molecule has 0 aliphatic rings. The number of methoxy groups -OCH3 is 1. The number of thioether (sulfide) groups is 1. The fraction of sp³-hybridized carbons (Fsp3) is 0.0952. The quantitative estimate of drug-likeness (QED) is 0.362. The number of hydrogen-bond donors (Lipinski definition) is 1. The topological polar surface area (TPSA) is 94.8 Å². The Bertz CT molecular complexity index is 1130. The Hall–Kier alpha value is -3.72. The summed E-state index contributed by atoms with van der Waals surface area (Å²) in [6.45, 7) is 0. The van der Waals surface area contributed by atoms with Crippen LogP contribution < -0.4 is 10.1 Å². The second kappa shape index (κ2) is 9.19. The molecule has 0 saturated carbocycles. The Kier molecular flexibility index (Phi) is 6.00. The number of carbonyl (C=O) groups excluding carboxylic acids is 1. The van der Waals surface area contributed by atoms with Gasteiger partial charge in [-0.2, -0.15) is 0 Å². The zero-order valence-electron chi connectivity index (χ0n) is 16.1. The van der Waals surface area contributed by atoms with Crippen LogP contribution >= 0.6 is 11.8 Å². The van der Waals surface area contributed by atoms with E-state index in [9.17, 15) is 4.79 Å². The summed E-state index contributed by atoms with van der Waals surface area (Å²) in [7, 11) is 1.58. The zero-order chi connectivity index (χ0) is 20.8. The highest BCUT2D eigenvalue weighted by Crippen LogP contribution is 2.24. The average Bonchev–Trinajstić information content (AvgIpc) is 3.23. The van der Waals surface area contributed by atoms with Gasteiger partial charge in [0, 0.05) is 29.9 Å². The smallest absolute Gasteiger partial charge is 0.278 e. The molecule has 0 aliphatic heterocycles. The van der Waals surface area contributed by atoms with Gasteiger partial charge in [0.25, 0.3) is 5.91 Å². The Labute approximate surface area is 177 Å². The van der Waals surface area contributed by atoms with Gasteiger partial charge < -0.3 is 10.1 Å². The predicted molar refractivity (Wildman–Crippen MR) is 114 cm³/mol. The first-order chi connectivity index (χ1) is 14.7. The molecule has 4 rings (SSSR count). The molecule has 0 radical (unpaired) electrons. The van der Waals surface area contributed by atoms with Crippen LogP contribution in [-0.2, 0) is 5.75 Å². The fourth-order valence-electron chi connectivity index (χ4n) is 2.77. The van der Waals surface area contributed by atoms with Crippen molar-refractivity contribution in [3.8, 4) is 11.4 Å². The van der Waals surface area contributed by atoms with Crippen LogP contribution in [0.15, 0.2) is 78.2 Å². The SMILES string of the molecule is COc1cccc(NC(=O)c2nnn(-c3ccccc3)c2CSc2ncccn2)c1. The van der Waals surface area contributed by atoms with E-state index >= 15 is 0 Å². The van der Waals surface area contributed by atoms with Crippen molar-refractivity contribution in [1.29, 1.82) is 0 Å². The molecule has 0 bridgehead atoms. The van der Waals surface area contributed by atoms with Crippen LogP contribution in [0.5, 0.6) is 5.75 Å². The molecule has 0 atom stereocenters. The van der Waals surface area contributed by atoms with Crippen molar-refractivity contribution in [2.24, 2.45) is 0 Å². The van der Waals surface area contributed by atoms with Gasteiger partial charge in [-0.15, -0.1) is 5.10 Å². The number of benzene rings is 2. The molecular weight excluding hydrogens is 400 g/mol. The van der Waals surface area contributed by atoms with Gasteiger partial charge in [0.2, 0.25) is 0 Å². The van der Waals surface area contributed by atoms with Crippen molar-refractivity contribution < 1.29 is 9.53 Å². The van der Waals surface area contributed by atoms with Gasteiger partial charge in [0.15, 0.2) is 10.9 Å². The van der Waals surface area contributed by atoms with Gasteiger partial charge in [-0.25, -0.2) is 14.6 Å². The van der Waals surface area contributed by atoms with Crippen molar-refractivity contribution in [2.45, 2.75) is 10.9 Å². The Balaban J connectivity index is 1.64. The van der Waals surface area contributed by atoms with Crippen LogP contribution in [0.4, 0.5) is 5.69 Å². The number of hydrogen-bond acceptors (Lipinski definition) is 7. The minimum Gasteiger partial charge on any atom is -0.497 e. The van der Waals surface area contributed by atoms with E-state index in [1.165, 1.54) is 11.8 Å². The molecule has 150 valence electrons. The van der Waals surface area contributed by atoms with E-state index in [0.717, 1.165) is 5.69 Å². The normalized spacial score (nSPS) is 10.6. The molecule has 30 heavy (non-hydrogen) atoms. The van der Waals surface area contributed by atoms with Crippen molar-refractivity contribution >= 4 is 23.4 Å². The molecule has 4 aromatic rings. The third-order valence-corrected chi connectivity index (χ3v) is 5.07. The maximum absolute atomic E-state index is 13.0. The molecule has 1 amide bonds. The van der Waals surface area contributed by atoms with E-state index in [1.807, 2.05) is 36.4 Å². The lowest BCUT2D eigenvalue weighted by Gasteiger charge is -2.09. The summed E-state index contributed by atoms with van der Waals surface area (Å²) in [5, 5.41) is 11.9. The van der Waals surface area contributed by atoms with Gasteiger partial charge in [-0.1, -0.05) is 41.2 Å². The number of para-hydroxylation sites is 1. The summed E-state index contributed by atoms with van der Waals surface area (Å²) in [5.74, 6) is 0.722. The van der Waals surface area contributed by atoms with Crippen molar-refractivity contribution in [2.75, 3.05) is 12.4 Å². The van der Waals surface area contributed by atoms with Crippen LogP contribution in [0.3, 0.4) is 0 Å². The summed E-state index contributed by atoms with van der Waals surface area (Å²) < 4.78 is 6.88. The molecule has 9 heteroatoms. The number of rotatable bonds is 7. The first-order valence-corrected chi connectivity index (χ1v) is 10.1. The summed E-state index contributed by atoms with van der Waals surface area (Å²) in [6, 6.07) is 18.4. The highest BCUT2D eigenvalue weighted by Gasteiger charge is 2.21. The summed E-state index contributed by atoms with van der Waals surface area (Å²) in [5.41, 5.74) is 2.32. The van der Waals surface area contributed by atoms with Gasteiger partial charge >= 0.3 is 0 Å². The fourth-order valence-corrected chi connectivity index (χ4v) is 3.56. The maximum atomic E-state index is 13.0. The standard InChI is InChI=1S/C21H18N6O2S/c1-29-17-10-5-7-15(13-17)24-20(28)19-18(14-30-21-22-11-6-12-23-21)27(26-25-19)16-8-3-2-4-9-16/h2-13H,14H2,1H3,(H,24,28). The minimum atomic E-state index is -0.352. The number of nitrogens with zero attached hydrogens (tertiary/aromatic N) is 5. The van der Waals surface area contributed by atoms with Gasteiger partial charge in [-0.05, 0) is 30.3 Å². The van der Waals surface area contributed by atoms with Gasteiger partial charge in [0.05, 0.1) is 18.5 Å². The predicted octanol–water partition coefficient (Wildman–Crippen LogP) is 3.61. The second-order valence-corrected chi connectivity index (χ2v) is 7.08. The van der Waals surface area contributed by atoms with E-state index in [2.05, 4.69) is 25.6 Å². The lowest BCUT2D eigenvalue weighted by Crippen LogP contribution is -2.15. The Morgan fingerprint density at radius 3 is 2.63 bits per heavy atom. The number of carbonyl (C=O) groups is 1. The van der Waals surface area contributed by atoms with Crippen molar-refractivity contribution in [3.05, 3.63) is 84.4 Å². The third-order valence-electron chi connectivity index (χ3n) is 4.19. The Morgan fingerprint density at radius 1 is 1.07 bits per heavy atom. The number of aromatic nitrogens is 5. The largest absolute Gasteiger partial charge is 0.497 e. The maximum Gasteiger partial charge on any atom is 0.278 e. The molecule has 0 unspecified atom stereocenters. The lowest BCUT2D eigenvalue weighted by molar-refractivity contribution is 0.102. The zero-order valence-corrected chi connectivity index (χ0v) is 16.9. The first-order valence-electron chi connectivity index (χ1n) is 9.10. The Morgan fingerprint density at radius 2 is 1.87 bits per heavy atom. The molecule has 0 spiro atoms. The molecule has 2 heterocycles. The van der Waals surface area contributed by atoms with Crippen molar-refractivity contribution in [3.63, 3.8) is 0 Å². The van der Waals surface area contributed by atoms with Gasteiger partial charge in [0.1, 0.15) is 5.75 Å². The second-order valence-electron chi connectivity index (χ2n) is 6.14. The van der Waals surface area contributed by atoms with Crippen LogP contribution in [0, 0.1) is 0 Å². The molecule has 8 nitrogen and oxygen atoms in total. The van der Waals surface area contributed by atoms with Crippen molar-refractivity contribution in [1.82, 2.24) is 25.0 Å². The summed E-state index contributed by atoms with van der Waals surface area (Å²) >= 11 is 1.41. The molecule has 1 N–H and O–H groups in total. The highest BCUT2D eigenvalue weighted by atomic mass is 32.2. The summed E-state index contributed by atoms with van der Waals surface area (Å²) in [6.07, 6.45) is 3.36. The molecule has 2 aromatic carbocycles. The molecule has 2 aromatic heterocycles. The number of anilines is 1. The molecule has 0 saturated heterocycles. The molecule has 0 fully saturated rings. The average molecular weight is 418 g/mol. The third kappa shape index (κ3) is 4.47. The van der Waals surface area contributed by atoms with Crippen LogP contribution in [0.1, 0.15) is 16.2 Å². The van der Waals surface area contributed by atoms with E-state index in [1.54, 1.807) is 48.5 Å². The van der Waals surface area contributed by atoms with E-state index in [-0.39, 0.29) is 11.6 Å². The molecule has 0 aliphatic carbocycles. The number of amides is 1. The first kappa shape index (κ1) is 19.6. The summed E-state index contributed by atoms with van der Waals surface area (Å²) in [4.78, 5) is 21.4. The lowest BCUT2D eigenvalue weighted by atomic mass is 10.2. The van der Waals surface area contributed by atoms with Crippen LogP contribution in [0.25, 0.3) is 5.69 Å².